The van der Waals surface area contributed by atoms with Gasteiger partial charge in [-0.15, -0.1) is 0 Å². The molecule has 90 valence electrons. The average Bonchev–Trinajstić information content (AvgIpc) is 2.31. The normalized spacial score (nSPS) is 13.1. The van der Waals surface area contributed by atoms with Crippen LogP contribution in [0.1, 0.15) is 30.9 Å². The largest absolute Gasteiger partial charge is 0.395 e. The van der Waals surface area contributed by atoms with Crippen molar-refractivity contribution in [3.05, 3.63) is 35.4 Å². The Morgan fingerprint density at radius 1 is 1.25 bits per heavy atom. The summed E-state index contributed by atoms with van der Waals surface area (Å²) in [6, 6.07) is 6.29. The first-order valence-corrected chi connectivity index (χ1v) is 5.38. The van der Waals surface area contributed by atoms with Crippen LogP contribution in [-0.4, -0.2) is 17.8 Å². The molecule has 1 aromatic rings. The topological polar surface area (TPSA) is 32.3 Å². The quantitative estimate of drug-likeness (QED) is 0.785. The highest BCUT2D eigenvalue weighted by molar-refractivity contribution is 5.23. The van der Waals surface area contributed by atoms with Gasteiger partial charge in [0.25, 0.3) is 6.43 Å². The number of halogens is 2. The van der Waals surface area contributed by atoms with Crippen molar-refractivity contribution in [2.45, 2.75) is 32.4 Å². The van der Waals surface area contributed by atoms with Crippen LogP contribution in [0.15, 0.2) is 24.3 Å². The first-order valence-electron chi connectivity index (χ1n) is 5.38. The summed E-state index contributed by atoms with van der Waals surface area (Å²) in [7, 11) is 0. The van der Waals surface area contributed by atoms with Crippen molar-refractivity contribution in [3.8, 4) is 0 Å². The van der Waals surface area contributed by atoms with E-state index in [0.717, 1.165) is 12.0 Å². The fourth-order valence-electron chi connectivity index (χ4n) is 1.38. The van der Waals surface area contributed by atoms with Gasteiger partial charge >= 0.3 is 0 Å². The van der Waals surface area contributed by atoms with Gasteiger partial charge in [-0.05, 0) is 12.0 Å². The third-order valence-corrected chi connectivity index (χ3v) is 2.54. The molecule has 2 nitrogen and oxygen atoms in total. The summed E-state index contributed by atoms with van der Waals surface area (Å²) in [6.45, 7) is 2.65. The Kier molecular flexibility index (Phi) is 5.35. The van der Waals surface area contributed by atoms with E-state index < -0.39 is 6.43 Å². The van der Waals surface area contributed by atoms with Crippen LogP contribution in [0.2, 0.25) is 0 Å². The molecule has 1 rings (SSSR count). The number of aliphatic hydroxyl groups excluding tert-OH is 1. The van der Waals surface area contributed by atoms with E-state index in [4.69, 9.17) is 5.11 Å². The van der Waals surface area contributed by atoms with Gasteiger partial charge in [0.15, 0.2) is 0 Å². The van der Waals surface area contributed by atoms with Crippen molar-refractivity contribution < 1.29 is 13.9 Å². The Morgan fingerprint density at radius 3 is 2.31 bits per heavy atom. The van der Waals surface area contributed by atoms with Crippen molar-refractivity contribution in [2.75, 3.05) is 6.61 Å². The van der Waals surface area contributed by atoms with Gasteiger partial charge in [-0.1, -0.05) is 31.2 Å². The standard InChI is InChI=1S/C12H17F2NO/c1-2-11(8-16)15-7-9-3-5-10(6-4-9)12(13)14/h3-6,11-12,15-16H,2,7-8H2,1H3/t11-/m1/s1. The third-order valence-electron chi connectivity index (χ3n) is 2.54. The average molecular weight is 229 g/mol. The lowest BCUT2D eigenvalue weighted by Gasteiger charge is -2.13. The second-order valence-corrected chi connectivity index (χ2v) is 3.71. The maximum atomic E-state index is 12.3. The Hall–Kier alpha value is -1.00. The van der Waals surface area contributed by atoms with Gasteiger partial charge in [0.05, 0.1) is 6.61 Å². The van der Waals surface area contributed by atoms with E-state index in [-0.39, 0.29) is 18.2 Å². The lowest BCUT2D eigenvalue weighted by atomic mass is 10.1. The number of alkyl halides is 2. The second-order valence-electron chi connectivity index (χ2n) is 3.71. The molecule has 1 atom stereocenters. The molecule has 0 bridgehead atoms. The van der Waals surface area contributed by atoms with E-state index in [1.165, 1.54) is 12.1 Å². The Balaban J connectivity index is 2.49. The molecule has 0 aliphatic rings. The molecule has 0 aliphatic carbocycles. The first-order chi connectivity index (χ1) is 7.67. The highest BCUT2D eigenvalue weighted by Gasteiger charge is 2.06. The van der Waals surface area contributed by atoms with Crippen LogP contribution >= 0.6 is 0 Å². The third kappa shape index (κ3) is 3.87. The molecule has 0 fully saturated rings. The summed E-state index contributed by atoms with van der Waals surface area (Å²) < 4.78 is 24.5. The highest BCUT2D eigenvalue weighted by atomic mass is 19.3. The molecule has 1 aromatic carbocycles. The summed E-state index contributed by atoms with van der Waals surface area (Å²) >= 11 is 0. The predicted molar refractivity (Wildman–Crippen MR) is 59.4 cm³/mol. The van der Waals surface area contributed by atoms with E-state index in [0.29, 0.717) is 6.54 Å². The Labute approximate surface area is 94.3 Å². The number of rotatable bonds is 6. The minimum absolute atomic E-state index is 0.0398. The fourth-order valence-corrected chi connectivity index (χ4v) is 1.38. The minimum Gasteiger partial charge on any atom is -0.395 e. The van der Waals surface area contributed by atoms with Crippen LogP contribution in [0.25, 0.3) is 0 Å². The van der Waals surface area contributed by atoms with E-state index >= 15 is 0 Å². The molecule has 0 heterocycles. The smallest absolute Gasteiger partial charge is 0.263 e. The fraction of sp³-hybridized carbons (Fsp3) is 0.500. The lowest BCUT2D eigenvalue weighted by Crippen LogP contribution is -2.31. The summed E-state index contributed by atoms with van der Waals surface area (Å²) in [5.74, 6) is 0. The van der Waals surface area contributed by atoms with Crippen LogP contribution in [0.3, 0.4) is 0 Å². The van der Waals surface area contributed by atoms with Gasteiger partial charge in [0.1, 0.15) is 0 Å². The second kappa shape index (κ2) is 6.55. The zero-order valence-corrected chi connectivity index (χ0v) is 9.29. The van der Waals surface area contributed by atoms with Crippen LogP contribution in [-0.2, 0) is 6.54 Å². The minimum atomic E-state index is -2.41. The molecule has 0 radical (unpaired) electrons. The summed E-state index contributed by atoms with van der Waals surface area (Å²) in [4.78, 5) is 0. The Morgan fingerprint density at radius 2 is 1.88 bits per heavy atom. The molecule has 0 aliphatic heterocycles. The Bertz CT molecular complexity index is 296. The van der Waals surface area contributed by atoms with Crippen LogP contribution < -0.4 is 5.32 Å². The van der Waals surface area contributed by atoms with Gasteiger partial charge < -0.3 is 10.4 Å². The number of hydrogen-bond acceptors (Lipinski definition) is 2. The van der Waals surface area contributed by atoms with Crippen LogP contribution in [0, 0.1) is 0 Å². The predicted octanol–water partition coefficient (Wildman–Crippen LogP) is 2.48. The van der Waals surface area contributed by atoms with Gasteiger partial charge in [-0.25, -0.2) is 8.78 Å². The summed E-state index contributed by atoms with van der Waals surface area (Å²) in [5.41, 5.74) is 0.981. The monoisotopic (exact) mass is 229 g/mol. The van der Waals surface area contributed by atoms with Gasteiger partial charge in [-0.2, -0.15) is 0 Å². The van der Waals surface area contributed by atoms with Gasteiger partial charge in [0, 0.05) is 18.2 Å². The molecule has 0 amide bonds. The van der Waals surface area contributed by atoms with Crippen molar-refractivity contribution in [1.29, 1.82) is 0 Å². The number of benzene rings is 1. The molecular formula is C12H17F2NO. The maximum Gasteiger partial charge on any atom is 0.263 e. The molecule has 0 saturated carbocycles. The lowest BCUT2D eigenvalue weighted by molar-refractivity contribution is 0.151. The van der Waals surface area contributed by atoms with Gasteiger partial charge in [-0.3, -0.25) is 0 Å². The molecule has 16 heavy (non-hydrogen) atoms. The highest BCUT2D eigenvalue weighted by Crippen LogP contribution is 2.18. The van der Waals surface area contributed by atoms with Crippen LogP contribution in [0.4, 0.5) is 8.78 Å². The molecular weight excluding hydrogens is 212 g/mol. The van der Waals surface area contributed by atoms with E-state index in [1.54, 1.807) is 12.1 Å². The van der Waals surface area contributed by atoms with Crippen molar-refractivity contribution in [2.24, 2.45) is 0 Å². The molecule has 0 spiro atoms. The van der Waals surface area contributed by atoms with E-state index in [9.17, 15) is 8.78 Å². The van der Waals surface area contributed by atoms with Crippen molar-refractivity contribution in [1.82, 2.24) is 5.32 Å². The molecule has 0 saturated heterocycles. The van der Waals surface area contributed by atoms with Crippen molar-refractivity contribution in [3.63, 3.8) is 0 Å². The zero-order valence-electron chi connectivity index (χ0n) is 9.29. The molecule has 2 N–H and O–H groups in total. The van der Waals surface area contributed by atoms with Gasteiger partial charge in [0.2, 0.25) is 0 Å². The van der Waals surface area contributed by atoms with Crippen LogP contribution in [0.5, 0.6) is 0 Å². The summed E-state index contributed by atoms with van der Waals surface area (Å²) in [6.07, 6.45) is -1.58. The molecule has 0 aromatic heterocycles. The number of nitrogens with one attached hydrogen (secondary N) is 1. The zero-order chi connectivity index (χ0) is 12.0. The molecule has 4 heteroatoms. The maximum absolute atomic E-state index is 12.3. The van der Waals surface area contributed by atoms with E-state index in [1.807, 2.05) is 6.92 Å². The number of hydrogen-bond donors (Lipinski definition) is 2. The van der Waals surface area contributed by atoms with E-state index in [2.05, 4.69) is 5.32 Å². The molecule has 0 unspecified atom stereocenters. The first kappa shape index (κ1) is 13.1. The SMILES string of the molecule is CC[C@H](CO)NCc1ccc(C(F)F)cc1. The van der Waals surface area contributed by atoms with Crippen molar-refractivity contribution >= 4 is 0 Å². The summed E-state index contributed by atoms with van der Waals surface area (Å²) in [5, 5.41) is 12.1. The number of aliphatic hydroxyl groups is 1.